The van der Waals surface area contributed by atoms with Crippen molar-refractivity contribution in [3.63, 3.8) is 0 Å². The third-order valence-corrected chi connectivity index (χ3v) is 5.47. The number of carbonyl (C=O) groups excluding carboxylic acids is 2. The number of halogens is 4. The lowest BCUT2D eigenvalue weighted by Crippen LogP contribution is -2.43. The fraction of sp³-hybridized carbons (Fsp3) is 0.333. The highest BCUT2D eigenvalue weighted by Gasteiger charge is 2.34. The number of hydrogen-bond donors (Lipinski definition) is 1. The molecule has 9 heteroatoms. The molecule has 1 unspecified atom stereocenters. The summed E-state index contributed by atoms with van der Waals surface area (Å²) in [4.78, 5) is 28.6. The molecule has 0 fully saturated rings. The molecule has 1 aliphatic heterocycles. The number of likely N-dealkylation sites (N-methyl/N-ethyl adjacent to an activating group) is 1. The molecule has 1 aliphatic rings. The summed E-state index contributed by atoms with van der Waals surface area (Å²) in [6.45, 7) is 4.16. The normalized spacial score (nSPS) is 14.6. The number of alkyl halides is 3. The SMILES string of the molecule is Cc1ccc(CN(C)C(=O)C2=CCCN2C(=O)NC(C)c2ccc(C(F)(F)F)c(F)c2)cc1. The maximum Gasteiger partial charge on any atom is 0.419 e. The van der Waals surface area contributed by atoms with E-state index in [1.54, 1.807) is 13.1 Å². The smallest absolute Gasteiger partial charge is 0.336 e. The van der Waals surface area contributed by atoms with Crippen molar-refractivity contribution in [2.45, 2.75) is 39.0 Å². The van der Waals surface area contributed by atoms with Gasteiger partial charge >= 0.3 is 12.2 Å². The lowest BCUT2D eigenvalue weighted by Gasteiger charge is -2.26. The minimum absolute atomic E-state index is 0.182. The van der Waals surface area contributed by atoms with Gasteiger partial charge in [-0.15, -0.1) is 0 Å². The van der Waals surface area contributed by atoms with Gasteiger partial charge in [-0.2, -0.15) is 13.2 Å². The van der Waals surface area contributed by atoms with Crippen LogP contribution in [0.3, 0.4) is 0 Å². The first-order chi connectivity index (χ1) is 15.5. The molecule has 1 heterocycles. The van der Waals surface area contributed by atoms with Gasteiger partial charge in [0.25, 0.3) is 5.91 Å². The van der Waals surface area contributed by atoms with E-state index in [0.29, 0.717) is 25.6 Å². The lowest BCUT2D eigenvalue weighted by atomic mass is 10.1. The van der Waals surface area contributed by atoms with E-state index in [4.69, 9.17) is 0 Å². The molecule has 33 heavy (non-hydrogen) atoms. The molecule has 176 valence electrons. The van der Waals surface area contributed by atoms with Crippen molar-refractivity contribution < 1.29 is 27.2 Å². The van der Waals surface area contributed by atoms with Crippen LogP contribution in [-0.2, 0) is 17.5 Å². The van der Waals surface area contributed by atoms with Crippen LogP contribution in [0.2, 0.25) is 0 Å². The Morgan fingerprint density at radius 3 is 2.42 bits per heavy atom. The Hall–Kier alpha value is -3.36. The second kappa shape index (κ2) is 9.64. The maximum absolute atomic E-state index is 13.9. The monoisotopic (exact) mass is 463 g/mol. The summed E-state index contributed by atoms with van der Waals surface area (Å²) in [5.74, 6) is -1.73. The molecule has 0 spiro atoms. The molecule has 0 radical (unpaired) electrons. The van der Waals surface area contributed by atoms with Crippen molar-refractivity contribution in [1.82, 2.24) is 15.1 Å². The molecule has 1 N–H and O–H groups in total. The van der Waals surface area contributed by atoms with E-state index >= 15 is 0 Å². The number of urea groups is 1. The van der Waals surface area contributed by atoms with Crippen LogP contribution in [0.4, 0.5) is 22.4 Å². The number of aryl methyl sites for hydroxylation is 1. The van der Waals surface area contributed by atoms with E-state index in [1.807, 2.05) is 31.2 Å². The highest BCUT2D eigenvalue weighted by Crippen LogP contribution is 2.32. The van der Waals surface area contributed by atoms with Gasteiger partial charge in [-0.05, 0) is 43.5 Å². The molecule has 3 rings (SSSR count). The number of nitrogens with zero attached hydrogens (tertiary/aromatic N) is 2. The molecule has 0 saturated heterocycles. The zero-order chi connectivity index (χ0) is 24.3. The Balaban J connectivity index is 1.66. The van der Waals surface area contributed by atoms with Gasteiger partial charge in [-0.1, -0.05) is 42.0 Å². The molecule has 0 aliphatic carbocycles. The number of amides is 3. The second-order valence-electron chi connectivity index (χ2n) is 8.08. The first-order valence-electron chi connectivity index (χ1n) is 10.4. The predicted molar refractivity (Wildman–Crippen MR) is 115 cm³/mol. The largest absolute Gasteiger partial charge is 0.419 e. The van der Waals surface area contributed by atoms with Crippen molar-refractivity contribution in [2.24, 2.45) is 0 Å². The zero-order valence-electron chi connectivity index (χ0n) is 18.5. The van der Waals surface area contributed by atoms with Gasteiger partial charge in [0, 0.05) is 20.1 Å². The first kappa shape index (κ1) is 24.3. The molecule has 2 aromatic rings. The standard InChI is InChI=1S/C24H25F4N3O2/c1-15-6-8-17(9-7-15)14-30(3)22(32)21-5-4-12-31(21)23(33)29-16(2)18-10-11-19(20(25)13-18)24(26,27)28/h5-11,13,16H,4,12,14H2,1-3H3,(H,29,33). The molecule has 1 atom stereocenters. The number of carbonyl (C=O) groups is 2. The fourth-order valence-corrected chi connectivity index (χ4v) is 3.59. The summed E-state index contributed by atoms with van der Waals surface area (Å²) in [6.07, 6.45) is -2.62. The molecule has 5 nitrogen and oxygen atoms in total. The van der Waals surface area contributed by atoms with Crippen LogP contribution in [0.25, 0.3) is 0 Å². The van der Waals surface area contributed by atoms with Crippen LogP contribution >= 0.6 is 0 Å². The molecule has 0 saturated carbocycles. The van der Waals surface area contributed by atoms with Crippen molar-refractivity contribution in [2.75, 3.05) is 13.6 Å². The van der Waals surface area contributed by atoms with Gasteiger partial charge < -0.3 is 10.2 Å². The number of hydrogen-bond acceptors (Lipinski definition) is 2. The quantitative estimate of drug-likeness (QED) is 0.622. The van der Waals surface area contributed by atoms with Crippen molar-refractivity contribution in [3.8, 4) is 0 Å². The van der Waals surface area contributed by atoms with Crippen LogP contribution in [0.5, 0.6) is 0 Å². The lowest BCUT2D eigenvalue weighted by molar-refractivity contribution is -0.140. The number of rotatable bonds is 5. The van der Waals surface area contributed by atoms with E-state index in [9.17, 15) is 27.2 Å². The molecule has 0 aromatic heterocycles. The molecular formula is C24H25F4N3O2. The maximum atomic E-state index is 13.9. The van der Waals surface area contributed by atoms with Crippen LogP contribution < -0.4 is 5.32 Å². The van der Waals surface area contributed by atoms with Gasteiger partial charge in [0.2, 0.25) is 0 Å². The summed E-state index contributed by atoms with van der Waals surface area (Å²) in [5, 5.41) is 2.63. The van der Waals surface area contributed by atoms with E-state index < -0.39 is 29.6 Å². The molecular weight excluding hydrogens is 438 g/mol. The minimum Gasteiger partial charge on any atom is -0.336 e. The summed E-state index contributed by atoms with van der Waals surface area (Å²) in [6, 6.07) is 8.95. The topological polar surface area (TPSA) is 52.7 Å². The van der Waals surface area contributed by atoms with Gasteiger partial charge in [-0.3, -0.25) is 9.69 Å². The first-order valence-corrected chi connectivity index (χ1v) is 10.4. The second-order valence-corrected chi connectivity index (χ2v) is 8.08. The summed E-state index contributed by atoms with van der Waals surface area (Å²) in [7, 11) is 1.64. The van der Waals surface area contributed by atoms with Crippen LogP contribution in [0, 0.1) is 12.7 Å². The van der Waals surface area contributed by atoms with Crippen LogP contribution in [0.15, 0.2) is 54.2 Å². The molecule has 2 aromatic carbocycles. The Labute approximate surface area is 189 Å². The summed E-state index contributed by atoms with van der Waals surface area (Å²) >= 11 is 0. The average molecular weight is 463 g/mol. The number of nitrogens with one attached hydrogen (secondary N) is 1. The number of benzene rings is 2. The van der Waals surface area contributed by atoms with Gasteiger partial charge in [0.15, 0.2) is 0 Å². The average Bonchev–Trinajstić information content (AvgIpc) is 3.23. The van der Waals surface area contributed by atoms with E-state index in [2.05, 4.69) is 5.32 Å². The third-order valence-electron chi connectivity index (χ3n) is 5.47. The van der Waals surface area contributed by atoms with Gasteiger partial charge in [0.1, 0.15) is 11.5 Å². The summed E-state index contributed by atoms with van der Waals surface area (Å²) < 4.78 is 52.2. The van der Waals surface area contributed by atoms with Crippen LogP contribution in [-0.4, -0.2) is 35.3 Å². The Kier molecular flexibility index (Phi) is 7.09. The molecule has 3 amide bonds. The van der Waals surface area contributed by atoms with Crippen molar-refractivity contribution >= 4 is 11.9 Å². The van der Waals surface area contributed by atoms with Gasteiger partial charge in [0.05, 0.1) is 11.6 Å². The Bertz CT molecular complexity index is 1060. The highest BCUT2D eigenvalue weighted by atomic mass is 19.4. The van der Waals surface area contributed by atoms with E-state index in [1.165, 1.54) is 16.7 Å². The Morgan fingerprint density at radius 2 is 1.82 bits per heavy atom. The highest BCUT2D eigenvalue weighted by molar-refractivity contribution is 5.97. The van der Waals surface area contributed by atoms with Crippen molar-refractivity contribution in [3.05, 3.63) is 82.3 Å². The zero-order valence-corrected chi connectivity index (χ0v) is 18.5. The Morgan fingerprint density at radius 1 is 1.15 bits per heavy atom. The van der Waals surface area contributed by atoms with Crippen LogP contribution in [0.1, 0.15) is 41.6 Å². The van der Waals surface area contributed by atoms with E-state index in [-0.39, 0.29) is 17.2 Å². The predicted octanol–water partition coefficient (Wildman–Crippen LogP) is 5.17. The fourth-order valence-electron chi connectivity index (χ4n) is 3.59. The minimum atomic E-state index is -4.80. The third kappa shape index (κ3) is 5.71. The van der Waals surface area contributed by atoms with Crippen molar-refractivity contribution in [1.29, 1.82) is 0 Å². The molecule has 0 bridgehead atoms. The summed E-state index contributed by atoms with van der Waals surface area (Å²) in [5.41, 5.74) is 1.10. The van der Waals surface area contributed by atoms with E-state index in [0.717, 1.165) is 23.3 Å². The van der Waals surface area contributed by atoms with Gasteiger partial charge in [-0.25, -0.2) is 9.18 Å².